The second-order valence-electron chi connectivity index (χ2n) is 6.58. The molecule has 0 saturated carbocycles. The number of aromatic nitrogens is 3. The molecule has 1 saturated heterocycles. The Morgan fingerprint density at radius 1 is 1.04 bits per heavy atom. The van der Waals surface area contributed by atoms with E-state index in [1.807, 2.05) is 0 Å². The van der Waals surface area contributed by atoms with E-state index in [9.17, 15) is 17.2 Å². The third kappa shape index (κ3) is 3.76. The van der Waals surface area contributed by atoms with Crippen molar-refractivity contribution < 1.29 is 17.2 Å². The zero-order chi connectivity index (χ0) is 19.7. The van der Waals surface area contributed by atoms with Crippen molar-refractivity contribution >= 4 is 27.4 Å². The number of fused-ring (bicyclic) bond motifs is 1. The molecule has 0 N–H and O–H groups in total. The van der Waals surface area contributed by atoms with Gasteiger partial charge in [-0.25, -0.2) is 17.2 Å². The third-order valence-corrected chi connectivity index (χ3v) is 7.52. The fraction of sp³-hybridized carbons (Fsp3) is 0.333. The molecular weight excluding hydrogens is 406 g/mol. The number of rotatable bonds is 5. The Morgan fingerprint density at radius 3 is 2.46 bits per heavy atom. The van der Waals surface area contributed by atoms with Crippen molar-refractivity contribution in [2.75, 3.05) is 13.1 Å². The molecule has 3 aromatic rings. The highest BCUT2D eigenvalue weighted by Gasteiger charge is 2.29. The highest BCUT2D eigenvalue weighted by molar-refractivity contribution is 7.98. The van der Waals surface area contributed by atoms with Crippen LogP contribution in [0.2, 0.25) is 0 Å². The van der Waals surface area contributed by atoms with E-state index in [2.05, 4.69) is 10.2 Å². The Balaban J connectivity index is 1.63. The highest BCUT2D eigenvalue weighted by Crippen LogP contribution is 2.27. The van der Waals surface area contributed by atoms with Crippen molar-refractivity contribution in [2.45, 2.75) is 35.1 Å². The minimum absolute atomic E-state index is 0.119. The van der Waals surface area contributed by atoms with Gasteiger partial charge in [0, 0.05) is 31.1 Å². The zero-order valence-electron chi connectivity index (χ0n) is 14.9. The molecule has 148 valence electrons. The number of nitrogens with zero attached hydrogens (tertiary/aromatic N) is 4. The van der Waals surface area contributed by atoms with Crippen LogP contribution < -0.4 is 0 Å². The van der Waals surface area contributed by atoms with Crippen LogP contribution in [-0.4, -0.2) is 40.4 Å². The Bertz CT molecular complexity index is 1090. The summed E-state index contributed by atoms with van der Waals surface area (Å²) in [7, 11) is -3.65. The number of hydrogen-bond acceptors (Lipinski definition) is 5. The van der Waals surface area contributed by atoms with Crippen molar-refractivity contribution in [1.29, 1.82) is 0 Å². The standard InChI is InChI=1S/C18H18F2N4O2S2/c19-14-9-13(10-15(20)11-14)12-27-18-22-21-17-16(5-4-8-24(17)18)28(25,26)23-6-2-1-3-7-23/h4-5,8-11H,1-3,6-7,12H2. The topological polar surface area (TPSA) is 67.6 Å². The molecule has 1 aliphatic heterocycles. The van der Waals surface area contributed by atoms with Crippen LogP contribution in [0.4, 0.5) is 8.78 Å². The third-order valence-electron chi connectivity index (χ3n) is 4.59. The summed E-state index contributed by atoms with van der Waals surface area (Å²) >= 11 is 1.23. The van der Waals surface area contributed by atoms with Crippen LogP contribution in [0.5, 0.6) is 0 Å². The molecule has 0 aliphatic carbocycles. The van der Waals surface area contributed by atoms with Crippen LogP contribution in [0, 0.1) is 11.6 Å². The summed E-state index contributed by atoms with van der Waals surface area (Å²) in [4.78, 5) is 0.119. The number of piperidine rings is 1. The van der Waals surface area contributed by atoms with Gasteiger partial charge >= 0.3 is 0 Å². The number of pyridine rings is 1. The predicted molar refractivity (Wildman–Crippen MR) is 102 cm³/mol. The summed E-state index contributed by atoms with van der Waals surface area (Å²) in [6.45, 7) is 1.01. The van der Waals surface area contributed by atoms with E-state index in [1.165, 1.54) is 34.3 Å². The Morgan fingerprint density at radius 2 is 1.75 bits per heavy atom. The van der Waals surface area contributed by atoms with Crippen molar-refractivity contribution in [3.05, 3.63) is 53.7 Å². The molecule has 10 heteroatoms. The summed E-state index contributed by atoms with van der Waals surface area (Å²) in [6, 6.07) is 6.50. The van der Waals surface area contributed by atoms with E-state index in [1.54, 1.807) is 16.7 Å². The number of thioether (sulfide) groups is 1. The van der Waals surface area contributed by atoms with Gasteiger partial charge in [-0.1, -0.05) is 18.2 Å². The van der Waals surface area contributed by atoms with Gasteiger partial charge in [-0.3, -0.25) is 4.40 Å². The summed E-state index contributed by atoms with van der Waals surface area (Å²) < 4.78 is 55.8. The van der Waals surface area contributed by atoms with Crippen molar-refractivity contribution in [3.8, 4) is 0 Å². The van der Waals surface area contributed by atoms with Crippen LogP contribution in [-0.2, 0) is 15.8 Å². The lowest BCUT2D eigenvalue weighted by Gasteiger charge is -2.25. The van der Waals surface area contributed by atoms with E-state index in [4.69, 9.17) is 0 Å². The smallest absolute Gasteiger partial charge is 0.246 e. The normalized spacial score (nSPS) is 15.9. The highest BCUT2D eigenvalue weighted by atomic mass is 32.2. The number of benzene rings is 1. The summed E-state index contributed by atoms with van der Waals surface area (Å²) in [5.74, 6) is -1.01. The van der Waals surface area contributed by atoms with E-state index in [0.29, 0.717) is 23.8 Å². The molecule has 0 bridgehead atoms. The molecule has 2 aromatic heterocycles. The van der Waals surface area contributed by atoms with Gasteiger partial charge in [0.15, 0.2) is 10.8 Å². The minimum Gasteiger partial charge on any atom is -0.276 e. The summed E-state index contributed by atoms with van der Waals surface area (Å²) in [5, 5.41) is 8.60. The average molecular weight is 424 g/mol. The SMILES string of the molecule is O=S(=O)(c1cccn2c(SCc3cc(F)cc(F)c3)nnc12)N1CCCCC1. The molecule has 28 heavy (non-hydrogen) atoms. The first-order valence-electron chi connectivity index (χ1n) is 8.87. The summed E-state index contributed by atoms with van der Waals surface area (Å²) in [6.07, 6.45) is 4.41. The van der Waals surface area contributed by atoms with E-state index < -0.39 is 21.7 Å². The molecule has 0 atom stereocenters. The fourth-order valence-corrected chi connectivity index (χ4v) is 5.74. The van der Waals surface area contributed by atoms with Gasteiger partial charge in [-0.15, -0.1) is 10.2 Å². The van der Waals surface area contributed by atoms with E-state index in [-0.39, 0.29) is 16.3 Å². The molecule has 1 aromatic carbocycles. The van der Waals surface area contributed by atoms with Crippen LogP contribution in [0.1, 0.15) is 24.8 Å². The Labute approximate surface area is 165 Å². The minimum atomic E-state index is -3.65. The molecule has 1 aliphatic rings. The van der Waals surface area contributed by atoms with Gasteiger partial charge in [0.25, 0.3) is 0 Å². The number of hydrogen-bond donors (Lipinski definition) is 0. The quantitative estimate of drug-likeness (QED) is 0.587. The second-order valence-corrected chi connectivity index (χ2v) is 9.43. The van der Waals surface area contributed by atoms with Gasteiger partial charge in [-0.05, 0) is 42.7 Å². The van der Waals surface area contributed by atoms with Gasteiger partial charge in [-0.2, -0.15) is 4.31 Å². The molecular formula is C18H18F2N4O2S2. The van der Waals surface area contributed by atoms with Gasteiger partial charge in [0.1, 0.15) is 16.5 Å². The molecule has 1 fully saturated rings. The summed E-state index contributed by atoms with van der Waals surface area (Å²) in [5.41, 5.74) is 0.720. The molecule has 6 nitrogen and oxygen atoms in total. The van der Waals surface area contributed by atoms with Gasteiger partial charge in [0.05, 0.1) is 0 Å². The first kappa shape index (κ1) is 19.3. The molecule has 0 unspecified atom stereocenters. The van der Waals surface area contributed by atoms with Crippen molar-refractivity contribution in [3.63, 3.8) is 0 Å². The van der Waals surface area contributed by atoms with E-state index in [0.717, 1.165) is 25.3 Å². The maximum atomic E-state index is 13.4. The van der Waals surface area contributed by atoms with Gasteiger partial charge in [0.2, 0.25) is 10.0 Å². The zero-order valence-corrected chi connectivity index (χ0v) is 16.5. The van der Waals surface area contributed by atoms with Crippen LogP contribution in [0.3, 0.4) is 0 Å². The molecule has 0 amide bonds. The fourth-order valence-electron chi connectivity index (χ4n) is 3.26. The predicted octanol–water partition coefficient (Wildman–Crippen LogP) is 3.47. The largest absolute Gasteiger partial charge is 0.276 e. The number of halogens is 2. The number of sulfonamides is 1. The van der Waals surface area contributed by atoms with E-state index >= 15 is 0 Å². The monoisotopic (exact) mass is 424 g/mol. The lowest BCUT2D eigenvalue weighted by atomic mass is 10.2. The van der Waals surface area contributed by atoms with Crippen molar-refractivity contribution in [1.82, 2.24) is 18.9 Å². The van der Waals surface area contributed by atoms with Crippen LogP contribution in [0.25, 0.3) is 5.65 Å². The molecule has 0 spiro atoms. The lowest BCUT2D eigenvalue weighted by molar-refractivity contribution is 0.347. The second kappa shape index (κ2) is 7.76. The molecule has 4 rings (SSSR count). The Kier molecular flexibility index (Phi) is 5.35. The lowest BCUT2D eigenvalue weighted by Crippen LogP contribution is -2.35. The first-order chi connectivity index (χ1) is 13.4. The Hall–Kier alpha value is -2.04. The molecule has 0 radical (unpaired) electrons. The first-order valence-corrected chi connectivity index (χ1v) is 11.3. The molecule has 3 heterocycles. The average Bonchev–Trinajstić information content (AvgIpc) is 3.09. The van der Waals surface area contributed by atoms with Crippen LogP contribution >= 0.6 is 11.8 Å². The maximum absolute atomic E-state index is 13.4. The van der Waals surface area contributed by atoms with Crippen molar-refractivity contribution in [2.24, 2.45) is 0 Å². The van der Waals surface area contributed by atoms with Crippen LogP contribution in [0.15, 0.2) is 46.6 Å². The van der Waals surface area contributed by atoms with Gasteiger partial charge < -0.3 is 0 Å². The maximum Gasteiger partial charge on any atom is 0.246 e.